The van der Waals surface area contributed by atoms with Crippen LogP contribution in [0.4, 0.5) is 8.78 Å². The normalized spacial score (nSPS) is 32.1. The van der Waals surface area contributed by atoms with E-state index in [4.69, 9.17) is 5.73 Å². The van der Waals surface area contributed by atoms with Crippen molar-refractivity contribution in [2.75, 3.05) is 0 Å². The van der Waals surface area contributed by atoms with Crippen molar-refractivity contribution in [2.24, 2.45) is 5.73 Å². The van der Waals surface area contributed by atoms with Gasteiger partial charge in [0.1, 0.15) is 0 Å². The number of hydrogen-bond donors (Lipinski definition) is 2. The van der Waals surface area contributed by atoms with E-state index < -0.39 is 12.5 Å². The van der Waals surface area contributed by atoms with E-state index in [1.54, 1.807) is 0 Å². The van der Waals surface area contributed by atoms with Crippen molar-refractivity contribution in [3.63, 3.8) is 0 Å². The van der Waals surface area contributed by atoms with E-state index in [1.807, 2.05) is 0 Å². The molecule has 0 aromatic heterocycles. The molecule has 13 heavy (non-hydrogen) atoms. The minimum Gasteiger partial charge on any atom is -0.328 e. The lowest BCUT2D eigenvalue weighted by Crippen LogP contribution is -2.44. The van der Waals surface area contributed by atoms with Crippen LogP contribution in [0, 0.1) is 0 Å². The lowest BCUT2D eigenvalue weighted by atomic mass is 9.91. The summed E-state index contributed by atoms with van der Waals surface area (Å²) >= 11 is 0. The van der Waals surface area contributed by atoms with Gasteiger partial charge in [0.2, 0.25) is 0 Å². The van der Waals surface area contributed by atoms with E-state index in [1.165, 1.54) is 6.92 Å². The van der Waals surface area contributed by atoms with Gasteiger partial charge in [-0.2, -0.15) is 0 Å². The van der Waals surface area contributed by atoms with E-state index in [-0.39, 0.29) is 12.1 Å². The third-order valence-electron chi connectivity index (χ3n) is 2.65. The summed E-state index contributed by atoms with van der Waals surface area (Å²) in [6.07, 6.45) is 1.49. The van der Waals surface area contributed by atoms with Crippen LogP contribution >= 0.6 is 0 Å². The molecule has 0 radical (unpaired) electrons. The summed E-state index contributed by atoms with van der Waals surface area (Å²) in [4.78, 5) is 0. The number of alkyl halides is 2. The highest BCUT2D eigenvalue weighted by Gasteiger charge is 2.22. The molecule has 0 amide bonds. The highest BCUT2D eigenvalue weighted by atomic mass is 19.3. The Morgan fingerprint density at radius 1 is 1.23 bits per heavy atom. The molecule has 78 valence electrons. The second-order valence-electron chi connectivity index (χ2n) is 3.90. The number of hydrogen-bond acceptors (Lipinski definition) is 2. The fraction of sp³-hybridized carbons (Fsp3) is 1.00. The summed E-state index contributed by atoms with van der Waals surface area (Å²) in [5, 5.41) is 2.93. The summed E-state index contributed by atoms with van der Waals surface area (Å²) in [7, 11) is 0. The van der Waals surface area contributed by atoms with Gasteiger partial charge in [0.05, 0.1) is 6.04 Å². The van der Waals surface area contributed by atoms with Gasteiger partial charge in [-0.15, -0.1) is 0 Å². The van der Waals surface area contributed by atoms with Gasteiger partial charge in [-0.3, -0.25) is 0 Å². The van der Waals surface area contributed by atoms with Crippen molar-refractivity contribution in [1.82, 2.24) is 5.32 Å². The largest absolute Gasteiger partial charge is 0.328 e. The zero-order valence-electron chi connectivity index (χ0n) is 7.97. The van der Waals surface area contributed by atoms with Crippen molar-refractivity contribution in [3.05, 3.63) is 0 Å². The fourth-order valence-electron chi connectivity index (χ4n) is 1.73. The van der Waals surface area contributed by atoms with Gasteiger partial charge in [-0.1, -0.05) is 0 Å². The molecule has 3 N–H and O–H groups in total. The van der Waals surface area contributed by atoms with E-state index >= 15 is 0 Å². The zero-order chi connectivity index (χ0) is 9.84. The van der Waals surface area contributed by atoms with Gasteiger partial charge in [-0.25, -0.2) is 8.78 Å². The molecule has 0 unspecified atom stereocenters. The molecule has 0 saturated heterocycles. The molecule has 1 atom stereocenters. The average Bonchev–Trinajstić information content (AvgIpc) is 2.08. The first-order valence-corrected chi connectivity index (χ1v) is 4.89. The number of nitrogens with one attached hydrogen (secondary N) is 1. The van der Waals surface area contributed by atoms with Crippen molar-refractivity contribution in [2.45, 2.75) is 57.2 Å². The predicted octanol–water partition coefficient (Wildman–Crippen LogP) is 1.50. The Morgan fingerprint density at radius 3 is 2.23 bits per heavy atom. The SMILES string of the molecule is C[C@@H](NC1CCC(N)CC1)C(F)F. The van der Waals surface area contributed by atoms with Gasteiger partial charge >= 0.3 is 0 Å². The molecule has 0 heterocycles. The molecule has 0 aromatic carbocycles. The summed E-state index contributed by atoms with van der Waals surface area (Å²) in [6, 6.07) is -0.178. The van der Waals surface area contributed by atoms with Crippen molar-refractivity contribution in [1.29, 1.82) is 0 Å². The minimum atomic E-state index is -2.27. The van der Waals surface area contributed by atoms with Crippen LogP contribution in [0.25, 0.3) is 0 Å². The molecule has 1 rings (SSSR count). The quantitative estimate of drug-likeness (QED) is 0.711. The highest BCUT2D eigenvalue weighted by Crippen LogP contribution is 2.18. The van der Waals surface area contributed by atoms with Crippen LogP contribution in [0.2, 0.25) is 0 Å². The Balaban J connectivity index is 2.22. The Morgan fingerprint density at radius 2 is 1.77 bits per heavy atom. The van der Waals surface area contributed by atoms with Crippen LogP contribution in [0.1, 0.15) is 32.6 Å². The second kappa shape index (κ2) is 4.86. The monoisotopic (exact) mass is 192 g/mol. The summed E-state index contributed by atoms with van der Waals surface area (Å²) in [5.41, 5.74) is 5.71. The standard InChI is InChI=1S/C9H18F2N2/c1-6(9(10)11)13-8-4-2-7(12)3-5-8/h6-9,13H,2-5,12H2,1H3/t6-,7?,8?/m1/s1. The van der Waals surface area contributed by atoms with Crippen LogP contribution < -0.4 is 11.1 Å². The van der Waals surface area contributed by atoms with Crippen LogP contribution in [0.15, 0.2) is 0 Å². The van der Waals surface area contributed by atoms with Crippen molar-refractivity contribution in [3.8, 4) is 0 Å². The maximum Gasteiger partial charge on any atom is 0.253 e. The molecule has 1 fully saturated rings. The average molecular weight is 192 g/mol. The maximum absolute atomic E-state index is 12.2. The lowest BCUT2D eigenvalue weighted by Gasteiger charge is -2.29. The van der Waals surface area contributed by atoms with E-state index in [9.17, 15) is 8.78 Å². The predicted molar refractivity (Wildman–Crippen MR) is 48.8 cm³/mol. The summed E-state index contributed by atoms with van der Waals surface area (Å²) in [5.74, 6) is 0. The Hall–Kier alpha value is -0.220. The van der Waals surface area contributed by atoms with Gasteiger partial charge in [0.25, 0.3) is 6.43 Å². The van der Waals surface area contributed by atoms with Gasteiger partial charge in [0, 0.05) is 12.1 Å². The smallest absolute Gasteiger partial charge is 0.253 e. The maximum atomic E-state index is 12.2. The molecule has 1 aliphatic carbocycles. The number of halogens is 2. The van der Waals surface area contributed by atoms with Crippen LogP contribution in [-0.2, 0) is 0 Å². The molecule has 0 aliphatic heterocycles. The lowest BCUT2D eigenvalue weighted by molar-refractivity contribution is 0.0957. The van der Waals surface area contributed by atoms with E-state index in [0.29, 0.717) is 0 Å². The third kappa shape index (κ3) is 3.56. The van der Waals surface area contributed by atoms with Gasteiger partial charge < -0.3 is 11.1 Å². The van der Waals surface area contributed by atoms with Gasteiger partial charge in [0.15, 0.2) is 0 Å². The Labute approximate surface area is 77.9 Å². The molecule has 0 spiro atoms. The fourth-order valence-corrected chi connectivity index (χ4v) is 1.73. The van der Waals surface area contributed by atoms with Crippen LogP contribution in [0.3, 0.4) is 0 Å². The van der Waals surface area contributed by atoms with Crippen LogP contribution in [0.5, 0.6) is 0 Å². The molecular formula is C9H18F2N2. The zero-order valence-corrected chi connectivity index (χ0v) is 7.97. The van der Waals surface area contributed by atoms with E-state index in [2.05, 4.69) is 5.32 Å². The third-order valence-corrected chi connectivity index (χ3v) is 2.65. The molecule has 0 aromatic rings. The summed E-state index contributed by atoms with van der Waals surface area (Å²) < 4.78 is 24.3. The number of rotatable bonds is 3. The van der Waals surface area contributed by atoms with Gasteiger partial charge in [-0.05, 0) is 32.6 Å². The van der Waals surface area contributed by atoms with Crippen molar-refractivity contribution < 1.29 is 8.78 Å². The Kier molecular flexibility index (Phi) is 4.06. The van der Waals surface area contributed by atoms with Crippen LogP contribution in [-0.4, -0.2) is 24.6 Å². The molecule has 1 aliphatic rings. The first kappa shape index (κ1) is 10.9. The Bertz CT molecular complexity index is 145. The minimum absolute atomic E-state index is 0.240. The molecule has 0 bridgehead atoms. The highest BCUT2D eigenvalue weighted by molar-refractivity contribution is 4.81. The second-order valence-corrected chi connectivity index (χ2v) is 3.90. The molecule has 2 nitrogen and oxygen atoms in total. The first-order chi connectivity index (χ1) is 6.09. The first-order valence-electron chi connectivity index (χ1n) is 4.89. The van der Waals surface area contributed by atoms with E-state index in [0.717, 1.165) is 25.7 Å². The number of nitrogens with two attached hydrogens (primary N) is 1. The molecule has 1 saturated carbocycles. The molecule has 4 heteroatoms. The topological polar surface area (TPSA) is 38.0 Å². The summed E-state index contributed by atoms with van der Waals surface area (Å²) in [6.45, 7) is 1.53. The van der Waals surface area contributed by atoms with Crippen molar-refractivity contribution >= 4 is 0 Å². The molecular weight excluding hydrogens is 174 g/mol.